The van der Waals surface area contributed by atoms with Crippen molar-refractivity contribution < 1.29 is 19.5 Å². The number of rotatable bonds is 17. The molecule has 0 radical (unpaired) electrons. The number of phenolic OH excluding ortho intramolecular Hbond substituents is 1. The highest BCUT2D eigenvalue weighted by Gasteiger charge is 2.23. The van der Waals surface area contributed by atoms with Gasteiger partial charge in [0.15, 0.2) is 11.7 Å². The number of unbranched alkanes of at least 4 members (excludes halogenated alkanes) is 4. The van der Waals surface area contributed by atoms with E-state index in [1.165, 1.54) is 13.0 Å². The first-order valence-electron chi connectivity index (χ1n) is 12.3. The van der Waals surface area contributed by atoms with Crippen molar-refractivity contribution in [3.05, 3.63) is 42.0 Å². The second kappa shape index (κ2) is 17.1. The number of guanidine groups is 1. The summed E-state index contributed by atoms with van der Waals surface area (Å²) >= 11 is 0. The van der Waals surface area contributed by atoms with Crippen LogP contribution in [0.3, 0.4) is 0 Å². The molecule has 2 amide bonds. The summed E-state index contributed by atoms with van der Waals surface area (Å²) in [6.07, 6.45) is 9.90. The fraction of sp³-hybridized carbons (Fsp3) is 0.538. The lowest BCUT2D eigenvalue weighted by molar-refractivity contribution is -0.129. The fourth-order valence-electron chi connectivity index (χ4n) is 3.50. The standard InChI is InChI=1S/C26H41N5O4/c1-3-4-5-6-7-10-24(34)31-23(18-20-12-15-22(33)16-13-20)25(35)30-21(14-11-19(2)32)9-8-17-29-26(27)28/h11-16,21,23,33H,3-10,17-18H2,1-2H3,(H,30,35)(H,31,34)(H4,27,28,29)/b14-11+/t21-,23-/m0/s1. The first-order chi connectivity index (χ1) is 16.7. The number of phenols is 1. The number of amides is 2. The van der Waals surface area contributed by atoms with E-state index in [9.17, 15) is 19.5 Å². The quantitative estimate of drug-likeness (QED) is 0.0982. The van der Waals surface area contributed by atoms with Gasteiger partial charge >= 0.3 is 0 Å². The maximum atomic E-state index is 13.2. The molecule has 1 aromatic carbocycles. The summed E-state index contributed by atoms with van der Waals surface area (Å²) in [5.41, 5.74) is 11.5. The topological polar surface area (TPSA) is 160 Å². The SMILES string of the molecule is CCCCCCCC(=O)N[C@@H](Cc1ccc(O)cc1)C(=O)N[C@H](/C=C/C(C)=O)CCCN=C(N)N. The summed E-state index contributed by atoms with van der Waals surface area (Å²) in [6, 6.07) is 5.30. The molecule has 35 heavy (non-hydrogen) atoms. The van der Waals surface area contributed by atoms with Gasteiger partial charge in [0.1, 0.15) is 11.8 Å². The summed E-state index contributed by atoms with van der Waals surface area (Å²) in [4.78, 5) is 41.2. The van der Waals surface area contributed by atoms with Gasteiger partial charge in [0, 0.05) is 25.4 Å². The Balaban J connectivity index is 2.87. The van der Waals surface area contributed by atoms with Crippen LogP contribution in [0.1, 0.15) is 70.8 Å². The van der Waals surface area contributed by atoms with Gasteiger partial charge in [-0.05, 0) is 50.0 Å². The molecule has 0 aliphatic rings. The van der Waals surface area contributed by atoms with Crippen molar-refractivity contribution >= 4 is 23.6 Å². The molecule has 0 saturated heterocycles. The smallest absolute Gasteiger partial charge is 0.243 e. The first kappa shape index (κ1) is 29.7. The molecule has 0 aliphatic heterocycles. The van der Waals surface area contributed by atoms with Gasteiger partial charge in [-0.15, -0.1) is 0 Å². The zero-order valence-electron chi connectivity index (χ0n) is 21.0. The van der Waals surface area contributed by atoms with E-state index in [1.54, 1.807) is 30.3 Å². The Morgan fingerprint density at radius 3 is 2.34 bits per heavy atom. The highest BCUT2D eigenvalue weighted by atomic mass is 16.3. The molecule has 9 nitrogen and oxygen atoms in total. The molecule has 1 rings (SSSR count). The molecule has 2 atom stereocenters. The zero-order chi connectivity index (χ0) is 26.1. The lowest BCUT2D eigenvalue weighted by Crippen LogP contribution is -2.50. The molecule has 194 valence electrons. The van der Waals surface area contributed by atoms with E-state index in [4.69, 9.17) is 11.5 Å². The van der Waals surface area contributed by atoms with Gasteiger partial charge in [-0.2, -0.15) is 0 Å². The highest BCUT2D eigenvalue weighted by molar-refractivity contribution is 5.89. The number of hydrogen-bond donors (Lipinski definition) is 5. The van der Waals surface area contributed by atoms with Gasteiger partial charge in [0.05, 0.1) is 0 Å². The Morgan fingerprint density at radius 2 is 1.71 bits per heavy atom. The molecule has 0 bridgehead atoms. The van der Waals surface area contributed by atoms with Crippen molar-refractivity contribution in [1.29, 1.82) is 0 Å². The lowest BCUT2D eigenvalue weighted by atomic mass is 10.0. The van der Waals surface area contributed by atoms with Crippen LogP contribution >= 0.6 is 0 Å². The zero-order valence-corrected chi connectivity index (χ0v) is 21.0. The monoisotopic (exact) mass is 487 g/mol. The van der Waals surface area contributed by atoms with E-state index in [1.807, 2.05) is 0 Å². The minimum absolute atomic E-state index is 0.00349. The summed E-state index contributed by atoms with van der Waals surface area (Å²) < 4.78 is 0. The second-order valence-corrected chi connectivity index (χ2v) is 8.69. The molecular weight excluding hydrogens is 446 g/mol. The van der Waals surface area contributed by atoms with Crippen LogP contribution in [0, 0.1) is 0 Å². The van der Waals surface area contributed by atoms with Crippen molar-refractivity contribution in [3.63, 3.8) is 0 Å². The fourth-order valence-corrected chi connectivity index (χ4v) is 3.50. The maximum Gasteiger partial charge on any atom is 0.243 e. The van der Waals surface area contributed by atoms with Gasteiger partial charge < -0.3 is 27.2 Å². The Bertz CT molecular complexity index is 848. The third-order valence-electron chi connectivity index (χ3n) is 5.39. The predicted molar refractivity (Wildman–Crippen MR) is 139 cm³/mol. The van der Waals surface area contributed by atoms with Crippen LogP contribution in [0.2, 0.25) is 0 Å². The number of carbonyl (C=O) groups is 3. The molecule has 0 spiro atoms. The van der Waals surface area contributed by atoms with Gasteiger partial charge in [-0.3, -0.25) is 19.4 Å². The number of hydrogen-bond acceptors (Lipinski definition) is 5. The van der Waals surface area contributed by atoms with E-state index in [0.29, 0.717) is 25.8 Å². The third-order valence-corrected chi connectivity index (χ3v) is 5.39. The highest BCUT2D eigenvalue weighted by Crippen LogP contribution is 2.13. The number of ketones is 1. The number of nitrogens with one attached hydrogen (secondary N) is 2. The Labute approximate surface area is 208 Å². The van der Waals surface area contributed by atoms with Gasteiger partial charge in [0.2, 0.25) is 11.8 Å². The number of benzene rings is 1. The van der Waals surface area contributed by atoms with E-state index in [0.717, 1.165) is 37.7 Å². The molecule has 0 fully saturated rings. The molecule has 0 aliphatic carbocycles. The van der Waals surface area contributed by atoms with Crippen LogP contribution < -0.4 is 22.1 Å². The van der Waals surface area contributed by atoms with E-state index in [-0.39, 0.29) is 35.7 Å². The number of carbonyl (C=O) groups excluding carboxylic acids is 3. The number of aliphatic imine (C=N–C) groups is 1. The molecule has 0 aromatic heterocycles. The molecule has 0 heterocycles. The molecule has 0 saturated carbocycles. The van der Waals surface area contributed by atoms with Crippen molar-refractivity contribution in [2.45, 2.75) is 83.7 Å². The van der Waals surface area contributed by atoms with Crippen LogP contribution in [-0.2, 0) is 20.8 Å². The van der Waals surface area contributed by atoms with Crippen LogP contribution in [0.25, 0.3) is 0 Å². The second-order valence-electron chi connectivity index (χ2n) is 8.69. The average molecular weight is 488 g/mol. The Kier molecular flexibility index (Phi) is 14.5. The average Bonchev–Trinajstić information content (AvgIpc) is 2.80. The van der Waals surface area contributed by atoms with Gasteiger partial charge in [-0.25, -0.2) is 0 Å². The summed E-state index contributed by atoms with van der Waals surface area (Å²) in [5, 5.41) is 15.3. The maximum absolute atomic E-state index is 13.2. The minimum Gasteiger partial charge on any atom is -0.508 e. The third kappa shape index (κ3) is 14.5. The largest absolute Gasteiger partial charge is 0.508 e. The van der Waals surface area contributed by atoms with Crippen LogP contribution in [0.5, 0.6) is 5.75 Å². The van der Waals surface area contributed by atoms with Gasteiger partial charge in [-0.1, -0.05) is 50.8 Å². The molecule has 0 unspecified atom stereocenters. The van der Waals surface area contributed by atoms with Gasteiger partial charge in [0.25, 0.3) is 0 Å². The lowest BCUT2D eigenvalue weighted by Gasteiger charge is -2.22. The summed E-state index contributed by atoms with van der Waals surface area (Å²) in [5.74, 6) is -0.538. The van der Waals surface area contributed by atoms with Crippen LogP contribution in [-0.4, -0.2) is 47.3 Å². The summed E-state index contributed by atoms with van der Waals surface area (Å²) in [6.45, 7) is 3.97. The van der Waals surface area contributed by atoms with Crippen LogP contribution in [0.15, 0.2) is 41.4 Å². The number of allylic oxidation sites excluding steroid dienone is 1. The first-order valence-corrected chi connectivity index (χ1v) is 12.3. The van der Waals surface area contributed by atoms with E-state index < -0.39 is 12.1 Å². The van der Waals surface area contributed by atoms with Crippen LogP contribution in [0.4, 0.5) is 0 Å². The number of aromatic hydroxyl groups is 1. The predicted octanol–water partition coefficient (Wildman–Crippen LogP) is 2.46. The Morgan fingerprint density at radius 1 is 1.03 bits per heavy atom. The van der Waals surface area contributed by atoms with Crippen molar-refractivity contribution in [1.82, 2.24) is 10.6 Å². The minimum atomic E-state index is -0.798. The number of nitrogens with zero attached hydrogens (tertiary/aromatic N) is 1. The Hall–Kier alpha value is -3.36. The van der Waals surface area contributed by atoms with E-state index in [2.05, 4.69) is 22.5 Å². The molecular formula is C26H41N5O4. The molecule has 9 heteroatoms. The van der Waals surface area contributed by atoms with Crippen molar-refractivity contribution in [3.8, 4) is 5.75 Å². The van der Waals surface area contributed by atoms with Crippen molar-refractivity contribution in [2.75, 3.05) is 6.54 Å². The molecule has 1 aromatic rings. The molecule has 7 N–H and O–H groups in total. The summed E-state index contributed by atoms with van der Waals surface area (Å²) in [7, 11) is 0. The van der Waals surface area contributed by atoms with E-state index >= 15 is 0 Å². The number of nitrogens with two attached hydrogens (primary N) is 2. The normalized spacial score (nSPS) is 12.6. The van der Waals surface area contributed by atoms with Crippen molar-refractivity contribution in [2.24, 2.45) is 16.5 Å².